The second-order valence-corrected chi connectivity index (χ2v) is 11.0. The third-order valence-electron chi connectivity index (χ3n) is 7.88. The van der Waals surface area contributed by atoms with E-state index in [1.807, 2.05) is 25.3 Å². The largest absolute Gasteiger partial charge is 0.465 e. The highest BCUT2D eigenvalue weighted by atomic mass is 19.1. The van der Waals surface area contributed by atoms with Crippen molar-refractivity contribution in [1.82, 2.24) is 34.3 Å². The lowest BCUT2D eigenvalue weighted by Crippen LogP contribution is -2.60. The fourth-order valence-corrected chi connectivity index (χ4v) is 6.02. The SMILES string of the molecule is Cc1nc2c(F)cc(-c3cc(Nc4ncc(CN5CCC6C(C5)OCCN6C(=O)O)cn4)ncc3F)cc2n1C(C)C. The Morgan fingerprint density at radius 2 is 1.90 bits per heavy atom. The van der Waals surface area contributed by atoms with Gasteiger partial charge in [-0.2, -0.15) is 0 Å². The number of hydrogen-bond donors (Lipinski definition) is 2. The summed E-state index contributed by atoms with van der Waals surface area (Å²) in [6, 6.07) is 4.46. The Balaban J connectivity index is 1.16. The number of anilines is 2. The minimum absolute atomic E-state index is 0.0546. The summed E-state index contributed by atoms with van der Waals surface area (Å²) in [5.74, 6) is 0.178. The number of imidazole rings is 1. The van der Waals surface area contributed by atoms with E-state index >= 15 is 4.39 Å². The Labute approximate surface area is 241 Å². The van der Waals surface area contributed by atoms with Crippen LogP contribution < -0.4 is 5.32 Å². The third-order valence-corrected chi connectivity index (χ3v) is 7.88. The van der Waals surface area contributed by atoms with Crippen molar-refractivity contribution in [2.24, 2.45) is 0 Å². The highest BCUT2D eigenvalue weighted by molar-refractivity contribution is 5.84. The highest BCUT2D eigenvalue weighted by Gasteiger charge is 2.39. The van der Waals surface area contributed by atoms with Gasteiger partial charge in [-0.3, -0.25) is 4.90 Å². The zero-order valence-electron chi connectivity index (χ0n) is 23.6. The molecule has 2 fully saturated rings. The minimum atomic E-state index is -0.900. The standard InChI is InChI=1S/C29H32F2N8O3/c1-16(2)39-17(3)35-27-21(30)8-19(9-24(27)39)20-10-26(32-13-22(20)31)36-28-33-11-18(12-34-28)14-37-5-4-23-25(15-37)42-7-6-38(23)29(40)41/h8-13,16,23,25H,4-7,14-15H2,1-3H3,(H,40,41)(H,32,33,34,36). The molecule has 220 valence electrons. The summed E-state index contributed by atoms with van der Waals surface area (Å²) in [6.07, 6.45) is 4.13. The average Bonchev–Trinajstić information content (AvgIpc) is 3.31. The van der Waals surface area contributed by atoms with Gasteiger partial charge >= 0.3 is 6.09 Å². The van der Waals surface area contributed by atoms with Crippen LogP contribution in [0.2, 0.25) is 0 Å². The number of pyridine rings is 1. The zero-order valence-corrected chi connectivity index (χ0v) is 23.6. The van der Waals surface area contributed by atoms with E-state index in [0.717, 1.165) is 18.3 Å². The number of hydrogen-bond acceptors (Lipinski definition) is 8. The van der Waals surface area contributed by atoms with Crippen LogP contribution in [-0.4, -0.2) is 83.9 Å². The number of benzene rings is 1. The number of amides is 1. The van der Waals surface area contributed by atoms with E-state index in [0.29, 0.717) is 55.4 Å². The number of piperidine rings is 1. The fourth-order valence-electron chi connectivity index (χ4n) is 6.02. The topological polar surface area (TPSA) is 122 Å². The normalized spacial score (nSPS) is 19.3. The maximum absolute atomic E-state index is 15.0. The molecule has 2 unspecified atom stereocenters. The molecule has 2 atom stereocenters. The van der Waals surface area contributed by atoms with Crippen molar-refractivity contribution in [3.05, 3.63) is 59.8 Å². The van der Waals surface area contributed by atoms with Crippen molar-refractivity contribution in [2.75, 3.05) is 31.6 Å². The van der Waals surface area contributed by atoms with E-state index in [4.69, 9.17) is 4.74 Å². The van der Waals surface area contributed by atoms with Crippen molar-refractivity contribution in [3.8, 4) is 11.1 Å². The molecule has 1 amide bonds. The molecule has 0 aliphatic carbocycles. The van der Waals surface area contributed by atoms with Crippen molar-refractivity contribution in [1.29, 1.82) is 0 Å². The lowest BCUT2D eigenvalue weighted by Gasteiger charge is -2.45. The van der Waals surface area contributed by atoms with Crippen LogP contribution in [0.15, 0.2) is 36.8 Å². The van der Waals surface area contributed by atoms with E-state index < -0.39 is 17.7 Å². The van der Waals surface area contributed by atoms with Crippen LogP contribution in [0.5, 0.6) is 0 Å². The van der Waals surface area contributed by atoms with Crippen LogP contribution in [0.4, 0.5) is 25.3 Å². The highest BCUT2D eigenvalue weighted by Crippen LogP contribution is 2.32. The predicted octanol–water partition coefficient (Wildman–Crippen LogP) is 4.75. The van der Waals surface area contributed by atoms with Crippen molar-refractivity contribution >= 4 is 28.9 Å². The molecule has 4 aromatic rings. The van der Waals surface area contributed by atoms with E-state index in [-0.39, 0.29) is 35.2 Å². The van der Waals surface area contributed by atoms with Crippen LogP contribution in [0.1, 0.15) is 37.7 Å². The van der Waals surface area contributed by atoms with Gasteiger partial charge in [-0.1, -0.05) is 0 Å². The molecule has 3 aromatic heterocycles. The molecule has 1 aromatic carbocycles. The summed E-state index contributed by atoms with van der Waals surface area (Å²) in [7, 11) is 0. The van der Waals surface area contributed by atoms with Gasteiger partial charge in [0.05, 0.1) is 30.5 Å². The van der Waals surface area contributed by atoms with Crippen molar-refractivity contribution in [3.63, 3.8) is 0 Å². The van der Waals surface area contributed by atoms with Crippen LogP contribution in [0.25, 0.3) is 22.2 Å². The molecular weight excluding hydrogens is 546 g/mol. The summed E-state index contributed by atoms with van der Waals surface area (Å²) in [4.78, 5) is 32.5. The summed E-state index contributed by atoms with van der Waals surface area (Å²) in [5.41, 5.74) is 2.30. The molecule has 2 N–H and O–H groups in total. The number of aryl methyl sites for hydroxylation is 1. The molecule has 2 aliphatic heterocycles. The van der Waals surface area contributed by atoms with Gasteiger partial charge in [0.15, 0.2) is 5.82 Å². The number of rotatable bonds is 6. The van der Waals surface area contributed by atoms with E-state index in [9.17, 15) is 14.3 Å². The quantitative estimate of drug-likeness (QED) is 0.334. The van der Waals surface area contributed by atoms with E-state index in [1.165, 1.54) is 17.0 Å². The zero-order chi connectivity index (χ0) is 29.5. The maximum atomic E-state index is 15.0. The number of nitrogens with zero attached hydrogens (tertiary/aromatic N) is 7. The number of fused-ring (bicyclic) bond motifs is 2. The lowest BCUT2D eigenvalue weighted by atomic mass is 9.98. The Bertz CT molecular complexity index is 1630. The molecule has 2 saturated heterocycles. The van der Waals surface area contributed by atoms with Gasteiger partial charge in [-0.15, -0.1) is 0 Å². The first-order valence-corrected chi connectivity index (χ1v) is 13.9. The molecule has 0 radical (unpaired) electrons. The smallest absolute Gasteiger partial charge is 0.407 e. The molecule has 13 heteroatoms. The van der Waals surface area contributed by atoms with Gasteiger partial charge in [0.25, 0.3) is 0 Å². The van der Waals surface area contributed by atoms with Gasteiger partial charge in [-0.25, -0.2) is 33.5 Å². The number of nitrogens with one attached hydrogen (secondary N) is 1. The maximum Gasteiger partial charge on any atom is 0.407 e. The number of carbonyl (C=O) groups is 1. The number of ether oxygens (including phenoxy) is 1. The summed E-state index contributed by atoms with van der Waals surface area (Å²) in [5, 5.41) is 12.5. The van der Waals surface area contributed by atoms with Crippen molar-refractivity contribution < 1.29 is 23.4 Å². The predicted molar refractivity (Wildman–Crippen MR) is 151 cm³/mol. The first-order chi connectivity index (χ1) is 20.2. The first-order valence-electron chi connectivity index (χ1n) is 13.9. The molecule has 2 aliphatic rings. The summed E-state index contributed by atoms with van der Waals surface area (Å²) < 4.78 is 37.7. The van der Waals surface area contributed by atoms with Crippen LogP contribution >= 0.6 is 0 Å². The number of likely N-dealkylation sites (tertiary alicyclic amines) is 1. The number of aromatic nitrogens is 5. The molecule has 42 heavy (non-hydrogen) atoms. The van der Waals surface area contributed by atoms with Crippen LogP contribution in [0, 0.1) is 18.6 Å². The molecule has 5 heterocycles. The number of carboxylic acid groups (broad SMARTS) is 1. The molecule has 0 saturated carbocycles. The van der Waals surface area contributed by atoms with Crippen molar-refractivity contribution in [2.45, 2.75) is 51.9 Å². The van der Waals surface area contributed by atoms with Gasteiger partial charge < -0.3 is 24.6 Å². The Morgan fingerprint density at radius 1 is 1.12 bits per heavy atom. The van der Waals surface area contributed by atoms with Gasteiger partial charge in [0.2, 0.25) is 5.95 Å². The lowest BCUT2D eigenvalue weighted by molar-refractivity contribution is -0.0957. The molecule has 0 spiro atoms. The van der Waals surface area contributed by atoms with Crippen LogP contribution in [-0.2, 0) is 11.3 Å². The van der Waals surface area contributed by atoms with E-state index in [1.54, 1.807) is 18.5 Å². The second kappa shape index (κ2) is 11.2. The number of morpholine rings is 1. The van der Waals surface area contributed by atoms with E-state index in [2.05, 4.69) is 30.2 Å². The first kappa shape index (κ1) is 27.9. The summed E-state index contributed by atoms with van der Waals surface area (Å²) in [6.45, 7) is 8.55. The fraction of sp³-hybridized carbons (Fsp3) is 0.414. The Hall–Kier alpha value is -4.23. The molecule has 6 rings (SSSR count). The summed E-state index contributed by atoms with van der Waals surface area (Å²) >= 11 is 0. The van der Waals surface area contributed by atoms with Gasteiger partial charge in [0.1, 0.15) is 23.0 Å². The average molecular weight is 579 g/mol. The Morgan fingerprint density at radius 3 is 2.64 bits per heavy atom. The Kier molecular flexibility index (Phi) is 7.45. The molecule has 0 bridgehead atoms. The number of halogens is 2. The molecule has 11 nitrogen and oxygen atoms in total. The minimum Gasteiger partial charge on any atom is -0.465 e. The van der Waals surface area contributed by atoms with Gasteiger partial charge in [0, 0.05) is 55.7 Å². The van der Waals surface area contributed by atoms with Crippen LogP contribution in [0.3, 0.4) is 0 Å². The van der Waals surface area contributed by atoms with Gasteiger partial charge in [-0.05, 0) is 51.0 Å². The second-order valence-electron chi connectivity index (χ2n) is 11.0. The third kappa shape index (κ3) is 5.37. The molecular formula is C29H32F2N8O3. The monoisotopic (exact) mass is 578 g/mol.